The van der Waals surface area contributed by atoms with E-state index in [2.05, 4.69) is 5.10 Å². The molecule has 2 rings (SSSR count). The number of benzene rings is 1. The average molecular weight is 236 g/mol. The molecule has 0 bridgehead atoms. The lowest BCUT2D eigenvalue weighted by Gasteiger charge is -2.15. The molecule has 4 heteroatoms. The lowest BCUT2D eigenvalue weighted by molar-refractivity contribution is 0.671. The van der Waals surface area contributed by atoms with E-state index in [-0.39, 0.29) is 6.04 Å². The van der Waals surface area contributed by atoms with E-state index in [0.717, 1.165) is 16.8 Å². The maximum atomic E-state index is 6.21. The highest BCUT2D eigenvalue weighted by Gasteiger charge is 2.14. The van der Waals surface area contributed by atoms with E-state index in [4.69, 9.17) is 17.3 Å². The van der Waals surface area contributed by atoms with Crippen molar-refractivity contribution in [2.75, 3.05) is 0 Å². The molecule has 1 atom stereocenters. The lowest BCUT2D eigenvalue weighted by Crippen LogP contribution is -2.17. The molecule has 0 aliphatic heterocycles. The largest absolute Gasteiger partial charge is 0.319 e. The van der Waals surface area contributed by atoms with Gasteiger partial charge in [0.05, 0.1) is 11.7 Å². The van der Waals surface area contributed by atoms with Gasteiger partial charge in [-0.05, 0) is 36.2 Å². The molecule has 1 aromatic carbocycles. The summed E-state index contributed by atoms with van der Waals surface area (Å²) in [6.45, 7) is 2.03. The maximum Gasteiger partial charge on any atom is 0.0726 e. The van der Waals surface area contributed by atoms with Crippen molar-refractivity contribution in [1.82, 2.24) is 9.78 Å². The maximum absolute atomic E-state index is 6.21. The molecule has 1 heterocycles. The second-order valence-corrected chi connectivity index (χ2v) is 4.29. The predicted octanol–water partition coefficient (Wildman–Crippen LogP) is 2.43. The van der Waals surface area contributed by atoms with Crippen LogP contribution in [0.15, 0.2) is 30.5 Å². The zero-order chi connectivity index (χ0) is 11.7. The van der Waals surface area contributed by atoms with Crippen LogP contribution in [0.25, 0.3) is 0 Å². The summed E-state index contributed by atoms with van der Waals surface area (Å²) in [7, 11) is 1.88. The SMILES string of the molecule is Cc1ccc(Cl)cc1C(N)c1ccnn1C. The van der Waals surface area contributed by atoms with Gasteiger partial charge in [0, 0.05) is 18.3 Å². The fraction of sp³-hybridized carbons (Fsp3) is 0.250. The smallest absolute Gasteiger partial charge is 0.0726 e. The first-order valence-electron chi connectivity index (χ1n) is 5.09. The van der Waals surface area contributed by atoms with Crippen LogP contribution >= 0.6 is 11.6 Å². The van der Waals surface area contributed by atoms with Crippen molar-refractivity contribution in [2.45, 2.75) is 13.0 Å². The minimum absolute atomic E-state index is 0.189. The molecule has 1 unspecified atom stereocenters. The van der Waals surface area contributed by atoms with Crippen LogP contribution in [0, 0.1) is 6.92 Å². The summed E-state index contributed by atoms with van der Waals surface area (Å²) in [5.41, 5.74) is 9.36. The molecule has 0 aliphatic carbocycles. The standard InChI is InChI=1S/C12H14ClN3/c1-8-3-4-9(13)7-10(8)12(14)11-5-6-15-16(11)2/h3-7,12H,14H2,1-2H3. The van der Waals surface area contributed by atoms with Crippen molar-refractivity contribution in [3.8, 4) is 0 Å². The first kappa shape index (κ1) is 11.2. The molecule has 0 radical (unpaired) electrons. The summed E-state index contributed by atoms with van der Waals surface area (Å²) in [6.07, 6.45) is 1.75. The fourth-order valence-corrected chi connectivity index (χ4v) is 1.98. The molecule has 0 aliphatic rings. The molecule has 0 amide bonds. The number of rotatable bonds is 2. The molecule has 2 aromatic rings. The third kappa shape index (κ3) is 1.96. The third-order valence-electron chi connectivity index (χ3n) is 2.75. The number of nitrogens with zero attached hydrogens (tertiary/aromatic N) is 2. The second-order valence-electron chi connectivity index (χ2n) is 3.86. The average Bonchev–Trinajstić information content (AvgIpc) is 2.67. The Kier molecular flexibility index (Phi) is 2.99. The third-order valence-corrected chi connectivity index (χ3v) is 2.99. The molecular formula is C12H14ClN3. The lowest BCUT2D eigenvalue weighted by atomic mass is 9.99. The summed E-state index contributed by atoms with van der Waals surface area (Å²) < 4.78 is 1.78. The number of aromatic nitrogens is 2. The Morgan fingerprint density at radius 1 is 1.38 bits per heavy atom. The minimum Gasteiger partial charge on any atom is -0.319 e. The topological polar surface area (TPSA) is 43.8 Å². The van der Waals surface area contributed by atoms with Crippen molar-refractivity contribution in [1.29, 1.82) is 0 Å². The Morgan fingerprint density at radius 3 is 2.75 bits per heavy atom. The summed E-state index contributed by atoms with van der Waals surface area (Å²) in [6, 6.07) is 7.50. The molecule has 1 aromatic heterocycles. The van der Waals surface area contributed by atoms with Crippen molar-refractivity contribution in [2.24, 2.45) is 12.8 Å². The van der Waals surface area contributed by atoms with E-state index in [1.54, 1.807) is 10.9 Å². The van der Waals surface area contributed by atoms with E-state index in [9.17, 15) is 0 Å². The second kappa shape index (κ2) is 4.28. The van der Waals surface area contributed by atoms with E-state index in [0.29, 0.717) is 5.02 Å². The zero-order valence-electron chi connectivity index (χ0n) is 9.31. The van der Waals surface area contributed by atoms with Crippen molar-refractivity contribution in [3.63, 3.8) is 0 Å². The summed E-state index contributed by atoms with van der Waals surface area (Å²) in [5, 5.41) is 4.83. The Hall–Kier alpha value is -1.32. The number of hydrogen-bond acceptors (Lipinski definition) is 2. The Morgan fingerprint density at radius 2 is 2.12 bits per heavy atom. The molecule has 16 heavy (non-hydrogen) atoms. The normalized spacial score (nSPS) is 12.8. The molecule has 3 nitrogen and oxygen atoms in total. The van der Waals surface area contributed by atoms with Crippen molar-refractivity contribution < 1.29 is 0 Å². The van der Waals surface area contributed by atoms with Gasteiger partial charge in [-0.1, -0.05) is 17.7 Å². The van der Waals surface area contributed by atoms with Crippen LogP contribution in [0.2, 0.25) is 5.02 Å². The predicted molar refractivity (Wildman–Crippen MR) is 65.4 cm³/mol. The molecule has 0 fully saturated rings. The van der Waals surface area contributed by atoms with Gasteiger partial charge in [0.25, 0.3) is 0 Å². The van der Waals surface area contributed by atoms with Gasteiger partial charge in [-0.25, -0.2) is 0 Å². The van der Waals surface area contributed by atoms with Gasteiger partial charge in [0.1, 0.15) is 0 Å². The Labute approximate surface area is 99.8 Å². The Bertz CT molecular complexity index is 505. The molecule has 0 spiro atoms. The van der Waals surface area contributed by atoms with Gasteiger partial charge in [0.2, 0.25) is 0 Å². The molecule has 0 saturated heterocycles. The molecule has 84 valence electrons. The number of aryl methyl sites for hydroxylation is 2. The van der Waals surface area contributed by atoms with Crippen molar-refractivity contribution >= 4 is 11.6 Å². The van der Waals surface area contributed by atoms with Crippen LogP contribution in [0.5, 0.6) is 0 Å². The van der Waals surface area contributed by atoms with Crippen LogP contribution in [0.4, 0.5) is 0 Å². The van der Waals surface area contributed by atoms with Gasteiger partial charge in [-0.2, -0.15) is 5.10 Å². The van der Waals surface area contributed by atoms with Crippen LogP contribution in [0.1, 0.15) is 22.9 Å². The minimum atomic E-state index is -0.189. The highest BCUT2D eigenvalue weighted by atomic mass is 35.5. The van der Waals surface area contributed by atoms with Crippen LogP contribution in [-0.2, 0) is 7.05 Å². The van der Waals surface area contributed by atoms with Gasteiger partial charge in [-0.3, -0.25) is 4.68 Å². The summed E-state index contributed by atoms with van der Waals surface area (Å²) in [5.74, 6) is 0. The van der Waals surface area contributed by atoms with Crippen LogP contribution < -0.4 is 5.73 Å². The Balaban J connectivity index is 2.45. The van der Waals surface area contributed by atoms with Crippen LogP contribution in [-0.4, -0.2) is 9.78 Å². The number of hydrogen-bond donors (Lipinski definition) is 1. The highest BCUT2D eigenvalue weighted by Crippen LogP contribution is 2.24. The molecule has 2 N–H and O–H groups in total. The first-order valence-corrected chi connectivity index (χ1v) is 5.47. The van der Waals surface area contributed by atoms with Gasteiger partial charge < -0.3 is 5.73 Å². The number of nitrogens with two attached hydrogens (primary N) is 1. The quantitative estimate of drug-likeness (QED) is 0.869. The fourth-order valence-electron chi connectivity index (χ4n) is 1.79. The van der Waals surface area contributed by atoms with E-state index < -0.39 is 0 Å². The summed E-state index contributed by atoms with van der Waals surface area (Å²) >= 11 is 5.98. The van der Waals surface area contributed by atoms with E-state index >= 15 is 0 Å². The summed E-state index contributed by atoms with van der Waals surface area (Å²) in [4.78, 5) is 0. The number of halogens is 1. The monoisotopic (exact) mass is 235 g/mol. The van der Waals surface area contributed by atoms with Gasteiger partial charge in [-0.15, -0.1) is 0 Å². The van der Waals surface area contributed by atoms with Gasteiger partial charge in [0.15, 0.2) is 0 Å². The van der Waals surface area contributed by atoms with Gasteiger partial charge >= 0.3 is 0 Å². The first-order chi connectivity index (χ1) is 7.59. The van der Waals surface area contributed by atoms with E-state index in [1.165, 1.54) is 0 Å². The van der Waals surface area contributed by atoms with Crippen molar-refractivity contribution in [3.05, 3.63) is 52.3 Å². The zero-order valence-corrected chi connectivity index (χ0v) is 10.1. The molecule has 0 saturated carbocycles. The molecular weight excluding hydrogens is 222 g/mol. The highest BCUT2D eigenvalue weighted by molar-refractivity contribution is 6.30. The van der Waals surface area contributed by atoms with Crippen LogP contribution in [0.3, 0.4) is 0 Å². The van der Waals surface area contributed by atoms with E-state index in [1.807, 2.05) is 38.2 Å².